The minimum Gasteiger partial charge on any atom is -0.497 e. The second kappa shape index (κ2) is 15.2. The van der Waals surface area contributed by atoms with Gasteiger partial charge in [0.05, 0.1) is 37.4 Å². The van der Waals surface area contributed by atoms with Gasteiger partial charge in [-0.15, -0.1) is 12.4 Å². The largest absolute Gasteiger partial charge is 0.497 e. The van der Waals surface area contributed by atoms with E-state index in [0.29, 0.717) is 65.9 Å². The van der Waals surface area contributed by atoms with Crippen LogP contribution in [0.15, 0.2) is 114 Å². The van der Waals surface area contributed by atoms with E-state index >= 15 is 0 Å². The van der Waals surface area contributed by atoms with Crippen LogP contribution in [0.4, 0.5) is 21.5 Å². The maximum absolute atomic E-state index is 13.7. The maximum atomic E-state index is 13.7. The van der Waals surface area contributed by atoms with E-state index in [1.165, 1.54) is 31.4 Å². The SMILES string of the molecule is COc1ccc(NS(=O)(=O)c2cc(NC(=O)/C=C/c3cn(-c4ccccc4)nc3-c3ccc(F)cc3)ccc2N2CCOCC2)cc1.Cl. The van der Waals surface area contributed by atoms with Crippen LogP contribution in [0.3, 0.4) is 0 Å². The standard InChI is InChI=1S/C35H32FN5O5S.ClH/c1-45-31-15-12-28(13-16-31)39-47(43,44)33-23-29(14-17-32(33)40-19-21-46-22-20-40)37-34(42)18-9-26-24-41(30-5-3-2-4-6-30)38-35(26)25-7-10-27(36)11-8-25;/h2-18,23-24,39H,19-22H2,1H3,(H,37,42);1H/b18-9+;. The van der Waals surface area contributed by atoms with E-state index in [1.807, 2.05) is 35.2 Å². The van der Waals surface area contributed by atoms with Gasteiger partial charge in [0.25, 0.3) is 10.0 Å². The summed E-state index contributed by atoms with van der Waals surface area (Å²) in [7, 11) is -2.54. The van der Waals surface area contributed by atoms with Gasteiger partial charge < -0.3 is 19.7 Å². The molecule has 0 radical (unpaired) electrons. The van der Waals surface area contributed by atoms with Crippen molar-refractivity contribution in [3.8, 4) is 22.7 Å². The number of hydrogen-bond acceptors (Lipinski definition) is 7. The number of ether oxygens (including phenoxy) is 2. The molecule has 1 amide bonds. The van der Waals surface area contributed by atoms with Gasteiger partial charge in [-0.05, 0) is 84.9 Å². The van der Waals surface area contributed by atoms with Gasteiger partial charge in [-0.3, -0.25) is 9.52 Å². The molecule has 5 aromatic rings. The van der Waals surface area contributed by atoms with Crippen LogP contribution in [0.5, 0.6) is 5.75 Å². The molecule has 6 rings (SSSR count). The van der Waals surface area contributed by atoms with Crippen molar-refractivity contribution in [3.63, 3.8) is 0 Å². The first kappa shape index (κ1) is 34.2. The molecule has 1 aromatic heterocycles. The normalized spacial score (nSPS) is 13.2. The molecule has 248 valence electrons. The van der Waals surface area contributed by atoms with E-state index in [1.54, 1.807) is 65.5 Å². The van der Waals surface area contributed by atoms with E-state index in [9.17, 15) is 17.6 Å². The second-order valence-electron chi connectivity index (χ2n) is 10.7. The Morgan fingerprint density at radius 1 is 0.938 bits per heavy atom. The lowest BCUT2D eigenvalue weighted by Crippen LogP contribution is -2.37. The van der Waals surface area contributed by atoms with E-state index in [2.05, 4.69) is 10.0 Å². The Balaban J connectivity index is 0.00000451. The zero-order valence-electron chi connectivity index (χ0n) is 25.9. The van der Waals surface area contributed by atoms with Crippen molar-refractivity contribution in [1.29, 1.82) is 0 Å². The summed E-state index contributed by atoms with van der Waals surface area (Å²) in [4.78, 5) is 15.1. The molecule has 1 saturated heterocycles. The Morgan fingerprint density at radius 3 is 2.31 bits per heavy atom. The molecule has 13 heteroatoms. The molecule has 1 fully saturated rings. The van der Waals surface area contributed by atoms with Crippen LogP contribution in [-0.4, -0.2) is 57.5 Å². The minimum absolute atomic E-state index is 0. The molecule has 10 nitrogen and oxygen atoms in total. The van der Waals surface area contributed by atoms with E-state index in [0.717, 1.165) is 5.69 Å². The lowest BCUT2D eigenvalue weighted by molar-refractivity contribution is -0.111. The predicted molar refractivity (Wildman–Crippen MR) is 187 cm³/mol. The van der Waals surface area contributed by atoms with Crippen LogP contribution in [0.25, 0.3) is 23.0 Å². The number of amides is 1. The van der Waals surface area contributed by atoms with Crippen molar-refractivity contribution in [2.45, 2.75) is 4.90 Å². The van der Waals surface area contributed by atoms with Crippen molar-refractivity contribution in [2.24, 2.45) is 0 Å². The van der Waals surface area contributed by atoms with Gasteiger partial charge in [0.15, 0.2) is 0 Å². The lowest BCUT2D eigenvalue weighted by Gasteiger charge is -2.30. The van der Waals surface area contributed by atoms with Crippen molar-refractivity contribution >= 4 is 51.5 Å². The van der Waals surface area contributed by atoms with Crippen molar-refractivity contribution in [2.75, 3.05) is 48.4 Å². The fourth-order valence-corrected chi connectivity index (χ4v) is 6.46. The molecule has 0 spiro atoms. The highest BCUT2D eigenvalue weighted by Crippen LogP contribution is 2.31. The number of para-hydroxylation sites is 1. The van der Waals surface area contributed by atoms with E-state index in [4.69, 9.17) is 14.6 Å². The summed E-state index contributed by atoms with van der Waals surface area (Å²) in [6, 6.07) is 26.8. The number of aromatic nitrogens is 2. The summed E-state index contributed by atoms with van der Waals surface area (Å²) < 4.78 is 56.1. The molecule has 1 aliphatic rings. The first-order chi connectivity index (χ1) is 22.8. The first-order valence-corrected chi connectivity index (χ1v) is 16.3. The first-order valence-electron chi connectivity index (χ1n) is 14.8. The number of anilines is 3. The summed E-state index contributed by atoms with van der Waals surface area (Å²) in [6.45, 7) is 1.98. The monoisotopic (exact) mass is 689 g/mol. The number of morpholine rings is 1. The smallest absolute Gasteiger partial charge is 0.264 e. The summed E-state index contributed by atoms with van der Waals surface area (Å²) in [6.07, 6.45) is 4.74. The number of rotatable bonds is 10. The molecule has 48 heavy (non-hydrogen) atoms. The summed E-state index contributed by atoms with van der Waals surface area (Å²) >= 11 is 0. The minimum atomic E-state index is -4.07. The summed E-state index contributed by atoms with van der Waals surface area (Å²) in [5, 5.41) is 7.48. The van der Waals surface area contributed by atoms with Crippen molar-refractivity contribution < 1.29 is 27.1 Å². The van der Waals surface area contributed by atoms with Gasteiger partial charge in [-0.1, -0.05) is 18.2 Å². The molecule has 0 atom stereocenters. The molecule has 2 N–H and O–H groups in total. The number of halogens is 2. The fourth-order valence-electron chi connectivity index (χ4n) is 5.15. The number of carbonyl (C=O) groups excluding carboxylic acids is 1. The van der Waals surface area contributed by atoms with Gasteiger partial charge in [0.1, 0.15) is 16.5 Å². The van der Waals surface area contributed by atoms with Crippen molar-refractivity contribution in [1.82, 2.24) is 9.78 Å². The Kier molecular flexibility index (Phi) is 10.8. The highest BCUT2D eigenvalue weighted by Gasteiger charge is 2.25. The number of nitrogens with one attached hydrogen (secondary N) is 2. The molecular weight excluding hydrogens is 657 g/mol. The number of methoxy groups -OCH3 is 1. The molecule has 0 unspecified atom stereocenters. The summed E-state index contributed by atoms with van der Waals surface area (Å²) in [5.74, 6) is -0.252. The molecular formula is C35H33ClFN5O5S. The van der Waals surface area contributed by atoms with Crippen LogP contribution >= 0.6 is 12.4 Å². The van der Waals surface area contributed by atoms with Gasteiger partial charge in [-0.25, -0.2) is 17.5 Å². The van der Waals surface area contributed by atoms with Crippen LogP contribution < -0.4 is 19.7 Å². The Hall–Kier alpha value is -5.17. The van der Waals surface area contributed by atoms with Gasteiger partial charge in [0, 0.05) is 47.9 Å². The van der Waals surface area contributed by atoms with E-state index < -0.39 is 15.9 Å². The van der Waals surface area contributed by atoms with Gasteiger partial charge in [-0.2, -0.15) is 5.10 Å². The second-order valence-corrected chi connectivity index (χ2v) is 12.3. The number of benzene rings is 4. The highest BCUT2D eigenvalue weighted by molar-refractivity contribution is 7.92. The molecule has 1 aliphatic heterocycles. The molecule has 4 aromatic carbocycles. The Labute approximate surface area is 284 Å². The third kappa shape index (κ3) is 8.03. The van der Waals surface area contributed by atoms with E-state index in [-0.39, 0.29) is 23.1 Å². The lowest BCUT2D eigenvalue weighted by atomic mass is 10.1. The molecule has 0 saturated carbocycles. The van der Waals surface area contributed by atoms with Crippen LogP contribution in [0.2, 0.25) is 0 Å². The number of carbonyl (C=O) groups is 1. The maximum Gasteiger partial charge on any atom is 0.264 e. The van der Waals surface area contributed by atoms with Crippen molar-refractivity contribution in [3.05, 3.63) is 121 Å². The quantitative estimate of drug-likeness (QED) is 0.163. The van der Waals surface area contributed by atoms with Crippen LogP contribution in [-0.2, 0) is 19.6 Å². The zero-order chi connectivity index (χ0) is 32.8. The molecule has 2 heterocycles. The topological polar surface area (TPSA) is 115 Å². The van der Waals surface area contributed by atoms with Gasteiger partial charge >= 0.3 is 0 Å². The Morgan fingerprint density at radius 2 is 1.62 bits per heavy atom. The zero-order valence-corrected chi connectivity index (χ0v) is 27.5. The van der Waals surface area contributed by atoms with Gasteiger partial charge in [0.2, 0.25) is 5.91 Å². The summed E-state index contributed by atoms with van der Waals surface area (Å²) in [5.41, 5.74) is 3.85. The fraction of sp³-hybridized carbons (Fsp3) is 0.143. The average Bonchev–Trinajstić information content (AvgIpc) is 3.53. The Bertz CT molecular complexity index is 2000. The van der Waals surface area contributed by atoms with Crippen LogP contribution in [0.1, 0.15) is 5.56 Å². The number of nitrogens with zero attached hydrogens (tertiary/aromatic N) is 3. The highest BCUT2D eigenvalue weighted by atomic mass is 35.5. The van der Waals surface area contributed by atoms with Crippen LogP contribution in [0, 0.1) is 5.82 Å². The molecule has 0 aliphatic carbocycles. The third-order valence-corrected chi connectivity index (χ3v) is 8.92. The predicted octanol–water partition coefficient (Wildman–Crippen LogP) is 6.40. The number of sulfonamides is 1. The third-order valence-electron chi connectivity index (χ3n) is 7.51. The molecule has 0 bridgehead atoms. The average molecular weight is 690 g/mol. The number of hydrogen-bond donors (Lipinski definition) is 2.